The van der Waals surface area contributed by atoms with Gasteiger partial charge in [0.1, 0.15) is 18.7 Å². The van der Waals surface area contributed by atoms with Gasteiger partial charge in [0.25, 0.3) is 5.91 Å². The van der Waals surface area contributed by atoms with E-state index < -0.39 is 23.5 Å². The van der Waals surface area contributed by atoms with Crippen LogP contribution in [0.2, 0.25) is 0 Å². The summed E-state index contributed by atoms with van der Waals surface area (Å²) in [5, 5.41) is 17.8. The number of hydrogen-bond donors (Lipinski definition) is 5. The molecule has 0 aliphatic carbocycles. The van der Waals surface area contributed by atoms with Gasteiger partial charge in [0.05, 0.1) is 23.3 Å². The second-order valence-corrected chi connectivity index (χ2v) is 19.7. The van der Waals surface area contributed by atoms with Crippen LogP contribution in [0.1, 0.15) is 60.6 Å². The van der Waals surface area contributed by atoms with Crippen LogP contribution in [-0.2, 0) is 35.1 Å². The molecular formula is C53H63F3N10O3S. The van der Waals surface area contributed by atoms with Crippen LogP contribution in [0.3, 0.4) is 0 Å². The van der Waals surface area contributed by atoms with Gasteiger partial charge in [-0.3, -0.25) is 13.8 Å². The number of pyridine rings is 1. The second-order valence-electron chi connectivity index (χ2n) is 18.3. The summed E-state index contributed by atoms with van der Waals surface area (Å²) in [6.45, 7) is 8.29. The number of piperidine rings is 1. The maximum atomic E-state index is 13.8. The number of hydrogen-bond acceptors (Lipinski definition) is 9. The highest BCUT2D eigenvalue weighted by molar-refractivity contribution is 7.84. The van der Waals surface area contributed by atoms with Gasteiger partial charge in [0.15, 0.2) is 0 Å². The van der Waals surface area contributed by atoms with Gasteiger partial charge in [-0.15, -0.1) is 0 Å². The summed E-state index contributed by atoms with van der Waals surface area (Å²) in [4.78, 5) is 36.0. The molecule has 2 saturated heterocycles. The predicted molar refractivity (Wildman–Crippen MR) is 274 cm³/mol. The summed E-state index contributed by atoms with van der Waals surface area (Å²) in [6.07, 6.45) is 5.99. The lowest BCUT2D eigenvalue weighted by molar-refractivity contribution is -0.140. The number of carbonyl (C=O) groups excluding carboxylic acids is 2. The van der Waals surface area contributed by atoms with Gasteiger partial charge in [-0.1, -0.05) is 30.5 Å². The Morgan fingerprint density at radius 2 is 1.73 bits per heavy atom. The van der Waals surface area contributed by atoms with Crippen LogP contribution >= 0.6 is 0 Å². The molecule has 2 aliphatic rings. The van der Waals surface area contributed by atoms with E-state index in [2.05, 4.69) is 84.4 Å². The van der Waals surface area contributed by atoms with Crippen molar-refractivity contribution in [2.45, 2.75) is 81.7 Å². The highest BCUT2D eigenvalue weighted by Gasteiger charge is 2.30. The van der Waals surface area contributed by atoms with Crippen LogP contribution in [-0.4, -0.2) is 118 Å². The smallest absolute Gasteiger partial charge is 0.382 e. The molecule has 2 amide bonds. The van der Waals surface area contributed by atoms with Gasteiger partial charge in [0, 0.05) is 120 Å². The number of nitrogens with one attached hydrogen (secondary N) is 5. The van der Waals surface area contributed by atoms with Crippen LogP contribution in [0.5, 0.6) is 0 Å². The van der Waals surface area contributed by atoms with E-state index in [0.29, 0.717) is 51.8 Å². The Morgan fingerprint density at radius 1 is 0.929 bits per heavy atom. The molecule has 370 valence electrons. The number of rotatable bonds is 19. The fourth-order valence-electron chi connectivity index (χ4n) is 9.30. The zero-order chi connectivity index (χ0) is 49.0. The van der Waals surface area contributed by atoms with Gasteiger partial charge in [0.2, 0.25) is 5.91 Å². The predicted octanol–water partition coefficient (Wildman–Crippen LogP) is 7.39. The van der Waals surface area contributed by atoms with Crippen molar-refractivity contribution in [2.75, 3.05) is 80.7 Å². The summed E-state index contributed by atoms with van der Waals surface area (Å²) in [5.41, 5.74) is 5.87. The standard InChI is InChI=1S/C53H63F3N10O3S/c1-38-35-64(31-26-57-38)44-15-11-39(12-16-44)19-25-60-52(68)41-32-40-20-30-65(51(40)61-34-41)36-50(67)59-23-4-3-5-27-63-28-21-43(22-29-63)62-48-9-6-10-49-47(48)33-45(66(49)37-53(54,55)56)8-7-24-58-42-13-17-46(18-14-42)70(2)69/h6,9-18,20,30,32-34,38,43,57-58,62H,3-5,19,21-29,31,35-37H2,1-2H3,(H,59,67)(H,60,68). The Kier molecular flexibility index (Phi) is 16.8. The van der Waals surface area contributed by atoms with E-state index in [-0.39, 0.29) is 30.9 Å². The number of fused-ring (bicyclic) bond motifs is 2. The first kappa shape index (κ1) is 50.1. The molecular weight excluding hydrogens is 914 g/mol. The van der Waals surface area contributed by atoms with Crippen molar-refractivity contribution in [3.8, 4) is 11.8 Å². The first-order chi connectivity index (χ1) is 33.8. The molecule has 0 radical (unpaired) electrons. The Balaban J connectivity index is 0.723. The molecule has 70 heavy (non-hydrogen) atoms. The van der Waals surface area contributed by atoms with Crippen LogP contribution in [0.25, 0.3) is 21.9 Å². The highest BCUT2D eigenvalue weighted by Crippen LogP contribution is 2.31. The molecule has 8 rings (SSSR count). The number of nitrogens with zero attached hydrogens (tertiary/aromatic N) is 5. The summed E-state index contributed by atoms with van der Waals surface area (Å²) in [5.74, 6) is 5.67. The second kappa shape index (κ2) is 23.5. The first-order valence-electron chi connectivity index (χ1n) is 24.3. The van der Waals surface area contributed by atoms with Crippen molar-refractivity contribution in [3.05, 3.63) is 114 Å². The molecule has 5 heterocycles. The number of piperazine rings is 1. The van der Waals surface area contributed by atoms with Crippen LogP contribution < -0.4 is 31.5 Å². The minimum absolute atomic E-state index is 0.0912. The molecule has 0 saturated carbocycles. The monoisotopic (exact) mass is 976 g/mol. The van der Waals surface area contributed by atoms with E-state index in [4.69, 9.17) is 0 Å². The van der Waals surface area contributed by atoms with Crippen molar-refractivity contribution in [1.29, 1.82) is 0 Å². The van der Waals surface area contributed by atoms with Gasteiger partial charge in [-0.25, -0.2) is 4.98 Å². The number of benzene rings is 3. The van der Waals surface area contributed by atoms with Gasteiger partial charge in [-0.05, 0) is 124 Å². The molecule has 13 nitrogen and oxygen atoms in total. The largest absolute Gasteiger partial charge is 0.406 e. The van der Waals surface area contributed by atoms with Gasteiger partial charge >= 0.3 is 6.18 Å². The Bertz CT molecular complexity index is 2810. The molecule has 17 heteroatoms. The molecule has 2 unspecified atom stereocenters. The maximum absolute atomic E-state index is 13.8. The maximum Gasteiger partial charge on any atom is 0.406 e. The van der Waals surface area contributed by atoms with Crippen molar-refractivity contribution < 1.29 is 27.0 Å². The van der Waals surface area contributed by atoms with Crippen molar-refractivity contribution in [3.63, 3.8) is 0 Å². The Morgan fingerprint density at radius 3 is 2.49 bits per heavy atom. The SMILES string of the molecule is CC1CN(c2ccc(CCNC(=O)c3cnc4c(ccn4CC(=O)NCCCCCN4CCC(Nc5cccc6c5cc(C#CCNc5ccc(S(C)=O)cc5)n6CC(F)(F)F)CC4)c3)cc2)CCN1. The Labute approximate surface area is 410 Å². The first-order valence-corrected chi connectivity index (χ1v) is 25.8. The number of halogens is 3. The third kappa shape index (κ3) is 13.7. The van der Waals surface area contributed by atoms with E-state index in [9.17, 15) is 27.0 Å². The van der Waals surface area contributed by atoms with Gasteiger partial charge in [-0.2, -0.15) is 13.2 Å². The molecule has 5 N–H and O–H groups in total. The summed E-state index contributed by atoms with van der Waals surface area (Å²) >= 11 is 0. The Hall–Kier alpha value is -6.35. The molecule has 0 spiro atoms. The molecule has 3 aromatic carbocycles. The number of likely N-dealkylation sites (tertiary alicyclic amines) is 1. The zero-order valence-corrected chi connectivity index (χ0v) is 40.7. The molecule has 2 aliphatic heterocycles. The fourth-order valence-corrected chi connectivity index (χ4v) is 9.82. The van der Waals surface area contributed by atoms with E-state index in [1.807, 2.05) is 24.4 Å². The molecule has 2 atom stereocenters. The van der Waals surface area contributed by atoms with E-state index in [1.165, 1.54) is 15.8 Å². The number of anilines is 3. The number of unbranched alkanes of at least 4 members (excludes halogenated alkanes) is 2. The summed E-state index contributed by atoms with van der Waals surface area (Å²) < 4.78 is 56.1. The highest BCUT2D eigenvalue weighted by atomic mass is 32.2. The van der Waals surface area contributed by atoms with Crippen LogP contribution in [0.4, 0.5) is 30.2 Å². The van der Waals surface area contributed by atoms with Crippen molar-refractivity contribution >= 4 is 61.6 Å². The third-order valence-electron chi connectivity index (χ3n) is 13.0. The van der Waals surface area contributed by atoms with Gasteiger partial charge < -0.3 is 45.5 Å². The lowest BCUT2D eigenvalue weighted by Gasteiger charge is -2.33. The molecule has 2 fully saturated rings. The summed E-state index contributed by atoms with van der Waals surface area (Å²) in [7, 11) is -1.09. The average Bonchev–Trinajstić information content (AvgIpc) is 3.91. The third-order valence-corrected chi connectivity index (χ3v) is 14.0. The minimum atomic E-state index is -4.42. The average molecular weight is 977 g/mol. The van der Waals surface area contributed by atoms with Crippen LogP contribution in [0, 0.1) is 11.8 Å². The fraction of sp³-hybridized carbons (Fsp3) is 0.415. The topological polar surface area (TPSA) is 141 Å². The van der Waals surface area contributed by atoms with Crippen molar-refractivity contribution in [1.82, 2.24) is 35.0 Å². The van der Waals surface area contributed by atoms with E-state index >= 15 is 0 Å². The van der Waals surface area contributed by atoms with E-state index in [1.54, 1.807) is 59.5 Å². The zero-order valence-electron chi connectivity index (χ0n) is 39.9. The minimum Gasteiger partial charge on any atom is -0.382 e. The number of carbonyl (C=O) groups is 2. The van der Waals surface area contributed by atoms with E-state index in [0.717, 1.165) is 94.6 Å². The van der Waals surface area contributed by atoms with Crippen LogP contribution in [0.15, 0.2) is 102 Å². The molecule has 3 aromatic heterocycles. The van der Waals surface area contributed by atoms with Crippen molar-refractivity contribution in [2.24, 2.45) is 0 Å². The number of alkyl halides is 3. The lowest BCUT2D eigenvalue weighted by Crippen LogP contribution is -2.49. The number of aromatic nitrogens is 3. The summed E-state index contributed by atoms with van der Waals surface area (Å²) in [6, 6.07) is 27.2. The normalized spacial score (nSPS) is 16.2. The lowest BCUT2D eigenvalue weighted by atomic mass is 10.0. The molecule has 0 bridgehead atoms. The quantitative estimate of drug-likeness (QED) is 0.0416. The number of amides is 2. The molecule has 6 aromatic rings.